The number of carbonyl (C=O) groups is 2. The first-order chi connectivity index (χ1) is 6.16. The molecule has 0 aliphatic rings. The van der Waals surface area contributed by atoms with Gasteiger partial charge in [-0.15, -0.1) is 0 Å². The van der Waals surface area contributed by atoms with Gasteiger partial charge in [0.15, 0.2) is 5.78 Å². The maximum absolute atomic E-state index is 10.8. The third-order valence-electron chi connectivity index (χ3n) is 1.16. The van der Waals surface area contributed by atoms with Gasteiger partial charge in [0.2, 0.25) is 0 Å². The van der Waals surface area contributed by atoms with Crippen LogP contribution in [0.4, 0.5) is 4.79 Å². The second-order valence-electron chi connectivity index (χ2n) is 2.30. The Morgan fingerprint density at radius 1 is 1.23 bits per heavy atom. The lowest BCUT2D eigenvalue weighted by Gasteiger charge is -2.02. The van der Waals surface area contributed by atoms with Crippen LogP contribution >= 0.6 is 0 Å². The van der Waals surface area contributed by atoms with Crippen molar-refractivity contribution in [2.24, 2.45) is 11.5 Å². The summed E-state index contributed by atoms with van der Waals surface area (Å²) in [7, 11) is 0. The Labute approximate surface area is 76.2 Å². The first-order valence-corrected chi connectivity index (χ1v) is 3.88. The average molecular weight is 190 g/mol. The van der Waals surface area contributed by atoms with E-state index in [0.29, 0.717) is 13.0 Å². The van der Waals surface area contributed by atoms with Crippen molar-refractivity contribution < 1.29 is 19.1 Å². The molecule has 76 valence electrons. The van der Waals surface area contributed by atoms with Crippen LogP contribution in [0.5, 0.6) is 0 Å². The molecule has 0 aliphatic carbocycles. The van der Waals surface area contributed by atoms with Crippen molar-refractivity contribution >= 4 is 11.9 Å². The van der Waals surface area contributed by atoms with E-state index in [2.05, 4.69) is 10.5 Å². The fourth-order valence-electron chi connectivity index (χ4n) is 0.620. The van der Waals surface area contributed by atoms with Gasteiger partial charge in [-0.25, -0.2) is 4.79 Å². The first-order valence-electron chi connectivity index (χ1n) is 3.88. The molecule has 0 heterocycles. The normalized spacial score (nSPS) is 9.62. The van der Waals surface area contributed by atoms with Gasteiger partial charge in [0.1, 0.15) is 13.2 Å². The van der Waals surface area contributed by atoms with Crippen LogP contribution in [0.1, 0.15) is 6.42 Å². The molecule has 0 rings (SSSR count). The molecule has 1 amide bonds. The average Bonchev–Trinajstić information content (AvgIpc) is 2.03. The van der Waals surface area contributed by atoms with Crippen molar-refractivity contribution in [1.29, 1.82) is 0 Å². The fraction of sp³-hybridized carbons (Fsp3) is 0.714. The lowest BCUT2D eigenvalue weighted by atomic mass is 10.3. The highest BCUT2D eigenvalue weighted by Gasteiger charge is 2.00. The number of carbonyl (C=O) groups excluding carboxylic acids is 2. The van der Waals surface area contributed by atoms with Gasteiger partial charge in [-0.1, -0.05) is 0 Å². The van der Waals surface area contributed by atoms with E-state index in [1.54, 1.807) is 0 Å². The molecule has 13 heavy (non-hydrogen) atoms. The molecule has 0 fully saturated rings. The molecule has 0 radical (unpaired) electrons. The predicted molar refractivity (Wildman–Crippen MR) is 45.0 cm³/mol. The highest BCUT2D eigenvalue weighted by molar-refractivity contribution is 5.79. The van der Waals surface area contributed by atoms with E-state index in [9.17, 15) is 9.59 Å². The summed E-state index contributed by atoms with van der Waals surface area (Å²) in [6.07, 6.45) is -0.548. The summed E-state index contributed by atoms with van der Waals surface area (Å²) in [5.41, 5.74) is 9.82. The third kappa shape index (κ3) is 8.77. The zero-order valence-electron chi connectivity index (χ0n) is 7.32. The minimum absolute atomic E-state index is 0.000673. The van der Waals surface area contributed by atoms with E-state index < -0.39 is 6.09 Å². The molecule has 0 aromatic heterocycles. The molecule has 0 bridgehead atoms. The summed E-state index contributed by atoms with van der Waals surface area (Å²) >= 11 is 0. The topological polar surface area (TPSA) is 105 Å². The summed E-state index contributed by atoms with van der Waals surface area (Å²) in [6.45, 7) is 0.545. The Balaban J connectivity index is 3.16. The summed E-state index contributed by atoms with van der Waals surface area (Å²) in [4.78, 5) is 20.9. The molecule has 6 heteroatoms. The summed E-state index contributed by atoms with van der Waals surface area (Å²) in [5, 5.41) is 0. The maximum Gasteiger partial charge on any atom is 0.404 e. The zero-order chi connectivity index (χ0) is 10.1. The highest BCUT2D eigenvalue weighted by atomic mass is 16.6. The van der Waals surface area contributed by atoms with E-state index >= 15 is 0 Å². The number of hydrogen-bond donors (Lipinski definition) is 2. The molecule has 0 aliphatic heterocycles. The number of amides is 1. The number of rotatable bonds is 7. The van der Waals surface area contributed by atoms with Gasteiger partial charge in [-0.05, 0) is 6.54 Å². The standard InChI is InChI=1S/C7H14N2O4/c8-2-1-6(10)5-12-3-4-13-7(9)11/h1-5,8H2,(H2,9,11). The highest BCUT2D eigenvalue weighted by Crippen LogP contribution is 1.83. The van der Waals surface area contributed by atoms with Gasteiger partial charge < -0.3 is 20.9 Å². The third-order valence-corrected chi connectivity index (χ3v) is 1.16. The van der Waals surface area contributed by atoms with Crippen molar-refractivity contribution in [3.8, 4) is 0 Å². The zero-order valence-corrected chi connectivity index (χ0v) is 7.32. The Kier molecular flexibility index (Phi) is 6.85. The van der Waals surface area contributed by atoms with Gasteiger partial charge >= 0.3 is 6.09 Å². The van der Waals surface area contributed by atoms with Crippen molar-refractivity contribution in [2.45, 2.75) is 6.42 Å². The molecule has 4 N–H and O–H groups in total. The molecular weight excluding hydrogens is 176 g/mol. The van der Waals surface area contributed by atoms with Crippen LogP contribution in [-0.2, 0) is 14.3 Å². The first kappa shape index (κ1) is 11.9. The molecule has 0 spiro atoms. The van der Waals surface area contributed by atoms with Crippen LogP contribution in [0.25, 0.3) is 0 Å². The predicted octanol–water partition coefficient (Wildman–Crippen LogP) is -0.984. The molecule has 0 unspecified atom stereocenters. The Bertz CT molecular complexity index is 172. The molecular formula is C7H14N2O4. The van der Waals surface area contributed by atoms with Crippen molar-refractivity contribution in [2.75, 3.05) is 26.4 Å². The number of hydrogen-bond acceptors (Lipinski definition) is 5. The van der Waals surface area contributed by atoms with Crippen LogP contribution in [0.2, 0.25) is 0 Å². The SMILES string of the molecule is NCCC(=O)COCCOC(N)=O. The summed E-state index contributed by atoms with van der Waals surface area (Å²) in [5.74, 6) is -0.0680. The molecule has 6 nitrogen and oxygen atoms in total. The van der Waals surface area contributed by atoms with Crippen molar-refractivity contribution in [3.63, 3.8) is 0 Å². The smallest absolute Gasteiger partial charge is 0.404 e. The number of nitrogens with two attached hydrogens (primary N) is 2. The van der Waals surface area contributed by atoms with E-state index in [4.69, 9.17) is 10.5 Å². The van der Waals surface area contributed by atoms with E-state index in [0.717, 1.165) is 0 Å². The Morgan fingerprint density at radius 3 is 2.46 bits per heavy atom. The monoisotopic (exact) mass is 190 g/mol. The molecule has 0 saturated heterocycles. The number of ether oxygens (including phenoxy) is 2. The lowest BCUT2D eigenvalue weighted by Crippen LogP contribution is -2.19. The van der Waals surface area contributed by atoms with Gasteiger partial charge in [-0.3, -0.25) is 4.79 Å². The minimum atomic E-state index is -0.850. The summed E-state index contributed by atoms with van der Waals surface area (Å²) in [6, 6.07) is 0. The Hall–Kier alpha value is -1.14. The van der Waals surface area contributed by atoms with Crippen LogP contribution < -0.4 is 11.5 Å². The summed E-state index contributed by atoms with van der Waals surface area (Å²) < 4.78 is 9.22. The van der Waals surface area contributed by atoms with Gasteiger partial charge in [-0.2, -0.15) is 0 Å². The van der Waals surface area contributed by atoms with E-state index in [1.807, 2.05) is 0 Å². The molecule has 0 aromatic carbocycles. The molecule has 0 saturated carbocycles. The lowest BCUT2D eigenvalue weighted by molar-refractivity contribution is -0.123. The van der Waals surface area contributed by atoms with Crippen LogP contribution in [0.3, 0.4) is 0 Å². The Morgan fingerprint density at radius 2 is 1.92 bits per heavy atom. The molecule has 0 atom stereocenters. The van der Waals surface area contributed by atoms with Crippen molar-refractivity contribution in [3.05, 3.63) is 0 Å². The largest absolute Gasteiger partial charge is 0.447 e. The second-order valence-corrected chi connectivity index (χ2v) is 2.30. The van der Waals surface area contributed by atoms with Gasteiger partial charge in [0.05, 0.1) is 6.61 Å². The second kappa shape index (κ2) is 7.51. The van der Waals surface area contributed by atoms with E-state index in [-0.39, 0.29) is 25.6 Å². The minimum Gasteiger partial charge on any atom is -0.447 e. The van der Waals surface area contributed by atoms with Crippen LogP contribution in [0, 0.1) is 0 Å². The van der Waals surface area contributed by atoms with Crippen LogP contribution in [0.15, 0.2) is 0 Å². The number of ketones is 1. The molecule has 0 aromatic rings. The number of Topliss-reactive ketones (excluding diaryl/α,β-unsaturated/α-hetero) is 1. The quantitative estimate of drug-likeness (QED) is 0.502. The fourth-order valence-corrected chi connectivity index (χ4v) is 0.620. The van der Waals surface area contributed by atoms with E-state index in [1.165, 1.54) is 0 Å². The number of primary amides is 1. The van der Waals surface area contributed by atoms with Gasteiger partial charge in [0, 0.05) is 6.42 Å². The van der Waals surface area contributed by atoms with Gasteiger partial charge in [0.25, 0.3) is 0 Å². The van der Waals surface area contributed by atoms with Crippen LogP contribution in [-0.4, -0.2) is 38.2 Å². The van der Waals surface area contributed by atoms with Crippen molar-refractivity contribution in [1.82, 2.24) is 0 Å². The maximum atomic E-state index is 10.8.